The van der Waals surface area contributed by atoms with E-state index in [0.29, 0.717) is 33.6 Å². The van der Waals surface area contributed by atoms with Gasteiger partial charge >= 0.3 is 0 Å². The van der Waals surface area contributed by atoms with E-state index in [2.05, 4.69) is 20.6 Å². The first-order chi connectivity index (χ1) is 9.65. The highest BCUT2D eigenvalue weighted by Crippen LogP contribution is 2.32. The van der Waals surface area contributed by atoms with Gasteiger partial charge in [-0.3, -0.25) is 4.79 Å². The molecule has 1 amide bonds. The molecule has 0 unspecified atom stereocenters. The van der Waals surface area contributed by atoms with E-state index in [0.717, 1.165) is 0 Å². The zero-order chi connectivity index (χ0) is 14.1. The van der Waals surface area contributed by atoms with Crippen molar-refractivity contribution in [2.75, 3.05) is 5.32 Å². The third-order valence-electron chi connectivity index (χ3n) is 2.65. The number of thiophene rings is 1. The Morgan fingerprint density at radius 2 is 2.20 bits per heavy atom. The van der Waals surface area contributed by atoms with Gasteiger partial charge in [0.2, 0.25) is 0 Å². The van der Waals surface area contributed by atoms with E-state index in [4.69, 9.17) is 9.05 Å². The normalized spacial score (nSPS) is 10.7. The minimum Gasteiger partial charge on any atom is -0.361 e. The molecule has 0 radical (unpaired) electrons. The molecule has 0 bridgehead atoms. The first kappa shape index (κ1) is 12.5. The molecule has 0 saturated heterocycles. The number of nitrogens with zero attached hydrogens (tertiary/aromatic N) is 3. The molecular formula is C12H10N4O3S. The van der Waals surface area contributed by atoms with Crippen LogP contribution in [0.3, 0.4) is 0 Å². The summed E-state index contributed by atoms with van der Waals surface area (Å²) >= 11 is 1.37. The highest BCUT2D eigenvalue weighted by Gasteiger charge is 2.18. The summed E-state index contributed by atoms with van der Waals surface area (Å²) in [4.78, 5) is 16.3. The number of anilines is 1. The molecule has 102 valence electrons. The summed E-state index contributed by atoms with van der Waals surface area (Å²) in [5.74, 6) is 1.09. The highest BCUT2D eigenvalue weighted by atomic mass is 32.1. The minimum atomic E-state index is -0.288. The van der Waals surface area contributed by atoms with Crippen molar-refractivity contribution in [3.63, 3.8) is 0 Å². The molecule has 3 aromatic rings. The molecule has 3 heterocycles. The van der Waals surface area contributed by atoms with Gasteiger partial charge < -0.3 is 14.4 Å². The summed E-state index contributed by atoms with van der Waals surface area (Å²) in [6.07, 6.45) is 1.38. The fraction of sp³-hybridized carbons (Fsp3) is 0.167. The molecule has 0 spiro atoms. The lowest BCUT2D eigenvalue weighted by atomic mass is 10.2. The quantitative estimate of drug-likeness (QED) is 0.797. The van der Waals surface area contributed by atoms with Crippen molar-refractivity contribution in [1.82, 2.24) is 15.3 Å². The van der Waals surface area contributed by atoms with Crippen LogP contribution in [-0.2, 0) is 0 Å². The minimum absolute atomic E-state index is 0.288. The fourth-order valence-corrected chi connectivity index (χ4v) is 2.44. The number of carbonyl (C=O) groups excluding carboxylic acids is 1. The van der Waals surface area contributed by atoms with Crippen LogP contribution in [-0.4, -0.2) is 21.2 Å². The Bertz CT molecular complexity index is 758. The molecule has 20 heavy (non-hydrogen) atoms. The van der Waals surface area contributed by atoms with Crippen molar-refractivity contribution in [3.8, 4) is 11.5 Å². The summed E-state index contributed by atoms with van der Waals surface area (Å²) in [7, 11) is 0. The topological polar surface area (TPSA) is 94.1 Å². The SMILES string of the molecule is Cc1noc(-c2ccsc2NC(=O)c2cnoc2C)n1. The lowest BCUT2D eigenvalue weighted by Crippen LogP contribution is -2.11. The second-order valence-corrected chi connectivity index (χ2v) is 4.98. The molecule has 1 N–H and O–H groups in total. The maximum atomic E-state index is 12.1. The molecule has 3 rings (SSSR count). The largest absolute Gasteiger partial charge is 0.361 e. The van der Waals surface area contributed by atoms with Crippen molar-refractivity contribution in [3.05, 3.63) is 34.8 Å². The van der Waals surface area contributed by atoms with Crippen LogP contribution in [0.15, 0.2) is 26.7 Å². The van der Waals surface area contributed by atoms with Crippen LogP contribution >= 0.6 is 11.3 Å². The average Bonchev–Trinajstić information content (AvgIpc) is 3.10. The van der Waals surface area contributed by atoms with Crippen LogP contribution in [0.5, 0.6) is 0 Å². The van der Waals surface area contributed by atoms with Crippen LogP contribution in [0.4, 0.5) is 5.00 Å². The van der Waals surface area contributed by atoms with Gasteiger partial charge in [-0.15, -0.1) is 11.3 Å². The Kier molecular flexibility index (Phi) is 3.07. The van der Waals surface area contributed by atoms with Gasteiger partial charge in [0.1, 0.15) is 16.3 Å². The number of rotatable bonds is 3. The molecule has 0 atom stereocenters. The predicted molar refractivity (Wildman–Crippen MR) is 71.5 cm³/mol. The van der Waals surface area contributed by atoms with E-state index in [-0.39, 0.29) is 5.91 Å². The lowest BCUT2D eigenvalue weighted by Gasteiger charge is -2.02. The molecule has 0 aromatic carbocycles. The van der Waals surface area contributed by atoms with Gasteiger partial charge in [-0.05, 0) is 25.3 Å². The first-order valence-corrected chi connectivity index (χ1v) is 6.64. The number of amides is 1. The third-order valence-corrected chi connectivity index (χ3v) is 3.48. The van der Waals surface area contributed by atoms with Gasteiger partial charge in [0.25, 0.3) is 11.8 Å². The van der Waals surface area contributed by atoms with Gasteiger partial charge in [-0.25, -0.2) is 0 Å². The van der Waals surface area contributed by atoms with Crippen LogP contribution < -0.4 is 5.32 Å². The molecule has 0 aliphatic carbocycles. The Balaban J connectivity index is 1.88. The summed E-state index contributed by atoms with van der Waals surface area (Å²) in [5, 5.41) is 12.6. The predicted octanol–water partition coefficient (Wildman–Crippen LogP) is 2.66. The van der Waals surface area contributed by atoms with Crippen LogP contribution in [0, 0.1) is 13.8 Å². The maximum Gasteiger partial charge on any atom is 0.261 e. The van der Waals surface area contributed by atoms with Gasteiger partial charge in [0, 0.05) is 0 Å². The molecule has 7 nitrogen and oxygen atoms in total. The Labute approximate surface area is 117 Å². The number of hydrogen-bond acceptors (Lipinski definition) is 7. The molecule has 8 heteroatoms. The van der Waals surface area contributed by atoms with Crippen molar-refractivity contribution >= 4 is 22.2 Å². The van der Waals surface area contributed by atoms with Crippen molar-refractivity contribution in [2.45, 2.75) is 13.8 Å². The summed E-state index contributed by atoms with van der Waals surface area (Å²) < 4.78 is 9.98. The van der Waals surface area contributed by atoms with Crippen LogP contribution in [0.2, 0.25) is 0 Å². The van der Waals surface area contributed by atoms with Gasteiger partial charge in [-0.1, -0.05) is 10.3 Å². The summed E-state index contributed by atoms with van der Waals surface area (Å²) in [6, 6.07) is 1.81. The standard InChI is InChI=1S/C12H10N4O3S/c1-6-9(5-13-18-6)10(17)15-12-8(3-4-20-12)11-14-7(2)16-19-11/h3-5H,1-2H3,(H,15,17). The number of aromatic nitrogens is 3. The molecule has 0 fully saturated rings. The third kappa shape index (κ3) is 2.21. The van der Waals surface area contributed by atoms with E-state index in [1.54, 1.807) is 13.8 Å². The Morgan fingerprint density at radius 1 is 1.35 bits per heavy atom. The first-order valence-electron chi connectivity index (χ1n) is 5.76. The molecule has 0 aliphatic rings. The average molecular weight is 290 g/mol. The maximum absolute atomic E-state index is 12.1. The van der Waals surface area contributed by atoms with Gasteiger partial charge in [0.05, 0.1) is 11.8 Å². The van der Waals surface area contributed by atoms with E-state index in [9.17, 15) is 4.79 Å². The Morgan fingerprint density at radius 3 is 2.85 bits per heavy atom. The van der Waals surface area contributed by atoms with Crippen molar-refractivity contribution in [1.29, 1.82) is 0 Å². The lowest BCUT2D eigenvalue weighted by molar-refractivity contribution is 0.102. The second kappa shape index (κ2) is 4.89. The molecule has 3 aromatic heterocycles. The zero-order valence-corrected chi connectivity index (χ0v) is 11.5. The number of hydrogen-bond donors (Lipinski definition) is 1. The molecule has 0 aliphatic heterocycles. The van der Waals surface area contributed by atoms with Crippen molar-refractivity contribution < 1.29 is 13.8 Å². The van der Waals surface area contributed by atoms with Gasteiger partial charge in [-0.2, -0.15) is 4.98 Å². The van der Waals surface area contributed by atoms with Crippen molar-refractivity contribution in [2.24, 2.45) is 0 Å². The van der Waals surface area contributed by atoms with Crippen LogP contribution in [0.25, 0.3) is 11.5 Å². The number of nitrogens with one attached hydrogen (secondary N) is 1. The van der Waals surface area contributed by atoms with E-state index in [1.807, 2.05) is 11.4 Å². The Hall–Kier alpha value is -2.48. The number of aryl methyl sites for hydroxylation is 2. The fourth-order valence-electron chi connectivity index (χ4n) is 1.67. The van der Waals surface area contributed by atoms with E-state index in [1.165, 1.54) is 17.5 Å². The summed E-state index contributed by atoms with van der Waals surface area (Å²) in [5.41, 5.74) is 1.09. The monoisotopic (exact) mass is 290 g/mol. The molecule has 0 saturated carbocycles. The van der Waals surface area contributed by atoms with Gasteiger partial charge in [0.15, 0.2) is 5.82 Å². The zero-order valence-electron chi connectivity index (χ0n) is 10.7. The van der Waals surface area contributed by atoms with Crippen LogP contribution in [0.1, 0.15) is 21.9 Å². The number of carbonyl (C=O) groups is 1. The smallest absolute Gasteiger partial charge is 0.261 e. The highest BCUT2D eigenvalue weighted by molar-refractivity contribution is 7.15. The molecular weight excluding hydrogens is 280 g/mol. The van der Waals surface area contributed by atoms with E-state index >= 15 is 0 Å². The second-order valence-electron chi connectivity index (χ2n) is 4.06. The summed E-state index contributed by atoms with van der Waals surface area (Å²) in [6.45, 7) is 3.41. The van der Waals surface area contributed by atoms with E-state index < -0.39 is 0 Å².